The zero-order valence-electron chi connectivity index (χ0n) is 9.63. The summed E-state index contributed by atoms with van der Waals surface area (Å²) in [7, 11) is 0. The van der Waals surface area contributed by atoms with Gasteiger partial charge in [0.1, 0.15) is 0 Å². The molecule has 1 saturated carbocycles. The first-order valence-corrected chi connectivity index (χ1v) is 6.71. The fourth-order valence-electron chi connectivity index (χ4n) is 2.03. The lowest BCUT2D eigenvalue weighted by atomic mass is 9.97. The molecule has 0 radical (unpaired) electrons. The van der Waals surface area contributed by atoms with E-state index in [2.05, 4.69) is 16.8 Å². The molecule has 0 saturated heterocycles. The van der Waals surface area contributed by atoms with Crippen LogP contribution in [0.1, 0.15) is 25.7 Å². The van der Waals surface area contributed by atoms with Gasteiger partial charge >= 0.3 is 5.69 Å². The molecule has 2 rings (SSSR count). The van der Waals surface area contributed by atoms with E-state index < -0.39 is 0 Å². The third-order valence-electron chi connectivity index (χ3n) is 2.96. The van der Waals surface area contributed by atoms with Crippen LogP contribution in [0.5, 0.6) is 0 Å². The second kappa shape index (κ2) is 5.55. The van der Waals surface area contributed by atoms with Crippen LogP contribution < -0.4 is 5.69 Å². The Bertz CT molecular complexity index is 440. The molecule has 1 fully saturated rings. The standard InChI is InChI=1S/C11H17N3O2S/c1-2-7-14-10(16)12-13-11(14)17-9-6-4-3-5-8(9)15/h2,8-9,15H,1,3-7H2,(H,12,16)/t8-,9+/m1/s1. The lowest BCUT2D eigenvalue weighted by molar-refractivity contribution is 0.137. The number of nitrogens with zero attached hydrogens (tertiary/aromatic N) is 2. The van der Waals surface area contributed by atoms with Crippen LogP contribution in [0.3, 0.4) is 0 Å². The Hall–Kier alpha value is -1.01. The zero-order valence-corrected chi connectivity index (χ0v) is 10.4. The number of aliphatic hydroxyl groups is 1. The number of allylic oxidation sites excluding steroid dienone is 1. The summed E-state index contributed by atoms with van der Waals surface area (Å²) in [6.07, 6.45) is 5.40. The van der Waals surface area contributed by atoms with Gasteiger partial charge in [-0.1, -0.05) is 30.7 Å². The van der Waals surface area contributed by atoms with Gasteiger partial charge in [0, 0.05) is 11.8 Å². The van der Waals surface area contributed by atoms with E-state index in [1.54, 1.807) is 10.6 Å². The Morgan fingerprint density at radius 3 is 3.06 bits per heavy atom. The second-order valence-electron chi connectivity index (χ2n) is 4.22. The minimum Gasteiger partial charge on any atom is -0.392 e. The molecule has 0 unspecified atom stereocenters. The van der Waals surface area contributed by atoms with Crippen LogP contribution in [0.25, 0.3) is 0 Å². The molecule has 0 aliphatic heterocycles. The topological polar surface area (TPSA) is 70.9 Å². The number of rotatable bonds is 4. The van der Waals surface area contributed by atoms with Crippen molar-refractivity contribution in [3.05, 3.63) is 23.1 Å². The van der Waals surface area contributed by atoms with Gasteiger partial charge in [-0.05, 0) is 12.8 Å². The largest absolute Gasteiger partial charge is 0.392 e. The van der Waals surface area contributed by atoms with Crippen molar-refractivity contribution in [2.24, 2.45) is 0 Å². The summed E-state index contributed by atoms with van der Waals surface area (Å²) >= 11 is 1.48. The molecule has 1 heterocycles. The number of aromatic nitrogens is 3. The number of nitrogens with one attached hydrogen (secondary N) is 1. The van der Waals surface area contributed by atoms with Crippen molar-refractivity contribution in [1.82, 2.24) is 14.8 Å². The van der Waals surface area contributed by atoms with E-state index in [4.69, 9.17) is 0 Å². The fourth-order valence-corrected chi connectivity index (χ4v) is 3.26. The highest BCUT2D eigenvalue weighted by atomic mass is 32.2. The Morgan fingerprint density at radius 2 is 2.35 bits per heavy atom. The third kappa shape index (κ3) is 2.81. The Kier molecular flexibility index (Phi) is 4.06. The van der Waals surface area contributed by atoms with Gasteiger partial charge < -0.3 is 5.11 Å². The lowest BCUT2D eigenvalue weighted by Gasteiger charge is -2.26. The molecule has 0 aromatic carbocycles. The van der Waals surface area contributed by atoms with E-state index in [9.17, 15) is 9.90 Å². The summed E-state index contributed by atoms with van der Waals surface area (Å²) in [6.45, 7) is 4.06. The second-order valence-corrected chi connectivity index (χ2v) is 5.43. The summed E-state index contributed by atoms with van der Waals surface area (Å²) in [5.41, 5.74) is -0.224. The highest BCUT2D eigenvalue weighted by molar-refractivity contribution is 7.99. The predicted octanol–water partition coefficient (Wildman–Crippen LogP) is 1.15. The van der Waals surface area contributed by atoms with Gasteiger partial charge in [0.25, 0.3) is 0 Å². The molecule has 1 aromatic heterocycles. The number of thioether (sulfide) groups is 1. The van der Waals surface area contributed by atoms with Crippen molar-refractivity contribution in [2.75, 3.05) is 0 Å². The molecule has 1 aliphatic rings. The third-order valence-corrected chi connectivity index (χ3v) is 4.33. The molecule has 0 spiro atoms. The predicted molar refractivity (Wildman–Crippen MR) is 67.2 cm³/mol. The van der Waals surface area contributed by atoms with Crippen LogP contribution in [0.2, 0.25) is 0 Å². The number of hydrogen-bond acceptors (Lipinski definition) is 4. The van der Waals surface area contributed by atoms with Gasteiger partial charge in [0.15, 0.2) is 5.16 Å². The quantitative estimate of drug-likeness (QED) is 0.792. The molecule has 17 heavy (non-hydrogen) atoms. The Labute approximate surface area is 104 Å². The highest BCUT2D eigenvalue weighted by Gasteiger charge is 2.26. The monoisotopic (exact) mass is 255 g/mol. The maximum atomic E-state index is 11.5. The molecule has 1 aliphatic carbocycles. The van der Waals surface area contributed by atoms with Crippen molar-refractivity contribution in [1.29, 1.82) is 0 Å². The van der Waals surface area contributed by atoms with E-state index in [1.807, 2.05) is 0 Å². The first-order chi connectivity index (χ1) is 8.22. The average molecular weight is 255 g/mol. The number of H-pyrrole nitrogens is 1. The normalized spacial score (nSPS) is 24.8. The summed E-state index contributed by atoms with van der Waals surface area (Å²) < 4.78 is 1.54. The highest BCUT2D eigenvalue weighted by Crippen LogP contribution is 2.32. The van der Waals surface area contributed by atoms with E-state index in [1.165, 1.54) is 11.8 Å². The summed E-state index contributed by atoms with van der Waals surface area (Å²) in [5, 5.41) is 17.1. The maximum absolute atomic E-state index is 11.5. The molecular formula is C11H17N3O2S. The van der Waals surface area contributed by atoms with Gasteiger partial charge in [0.2, 0.25) is 0 Å². The van der Waals surface area contributed by atoms with Crippen molar-refractivity contribution in [2.45, 2.75) is 48.7 Å². The molecule has 1 aromatic rings. The molecule has 2 atom stereocenters. The van der Waals surface area contributed by atoms with Crippen molar-refractivity contribution < 1.29 is 5.11 Å². The zero-order chi connectivity index (χ0) is 12.3. The molecule has 5 nitrogen and oxygen atoms in total. The van der Waals surface area contributed by atoms with Crippen LogP contribution in [0, 0.1) is 0 Å². The van der Waals surface area contributed by atoms with E-state index >= 15 is 0 Å². The first kappa shape index (κ1) is 12.4. The SMILES string of the molecule is C=CCn1c(S[C@H]2CCCC[C@H]2O)n[nH]c1=O. The van der Waals surface area contributed by atoms with Crippen molar-refractivity contribution in [3.63, 3.8) is 0 Å². The van der Waals surface area contributed by atoms with Crippen LogP contribution in [-0.2, 0) is 6.54 Å². The Balaban J connectivity index is 2.12. The molecule has 94 valence electrons. The summed E-state index contributed by atoms with van der Waals surface area (Å²) in [6, 6.07) is 0. The van der Waals surface area contributed by atoms with Crippen LogP contribution >= 0.6 is 11.8 Å². The minimum atomic E-state index is -0.294. The number of aliphatic hydroxyl groups excluding tert-OH is 1. The van der Waals surface area contributed by atoms with Crippen molar-refractivity contribution >= 4 is 11.8 Å². The average Bonchev–Trinajstić information content (AvgIpc) is 2.65. The summed E-state index contributed by atoms with van der Waals surface area (Å²) in [5.74, 6) is 0. The molecule has 2 N–H and O–H groups in total. The number of aromatic amines is 1. The van der Waals surface area contributed by atoms with E-state index in [0.717, 1.165) is 25.7 Å². The van der Waals surface area contributed by atoms with Gasteiger partial charge in [-0.25, -0.2) is 9.89 Å². The fraction of sp³-hybridized carbons (Fsp3) is 0.636. The number of hydrogen-bond donors (Lipinski definition) is 2. The summed E-state index contributed by atoms with van der Waals surface area (Å²) in [4.78, 5) is 11.5. The molecule has 6 heteroatoms. The Morgan fingerprint density at radius 1 is 1.59 bits per heavy atom. The van der Waals surface area contributed by atoms with Crippen molar-refractivity contribution in [3.8, 4) is 0 Å². The van der Waals surface area contributed by atoms with Crippen LogP contribution in [0.4, 0.5) is 0 Å². The van der Waals surface area contributed by atoms with Crippen LogP contribution in [-0.4, -0.2) is 31.2 Å². The molecule has 0 bridgehead atoms. The van der Waals surface area contributed by atoms with E-state index in [0.29, 0.717) is 11.7 Å². The lowest BCUT2D eigenvalue weighted by Crippen LogP contribution is -2.27. The van der Waals surface area contributed by atoms with Gasteiger partial charge in [-0.3, -0.25) is 4.57 Å². The first-order valence-electron chi connectivity index (χ1n) is 5.83. The van der Waals surface area contributed by atoms with Gasteiger partial charge in [-0.2, -0.15) is 0 Å². The molecular weight excluding hydrogens is 238 g/mol. The van der Waals surface area contributed by atoms with E-state index in [-0.39, 0.29) is 17.0 Å². The van der Waals surface area contributed by atoms with Crippen LogP contribution in [0.15, 0.2) is 22.6 Å². The maximum Gasteiger partial charge on any atom is 0.344 e. The van der Waals surface area contributed by atoms with Gasteiger partial charge in [0.05, 0.1) is 6.10 Å². The minimum absolute atomic E-state index is 0.141. The smallest absolute Gasteiger partial charge is 0.344 e. The van der Waals surface area contributed by atoms with Gasteiger partial charge in [-0.15, -0.1) is 11.7 Å². The molecule has 0 amide bonds.